The Hall–Kier alpha value is -3.60. The normalized spacial score (nSPS) is 13.5. The van der Waals surface area contributed by atoms with E-state index in [1.165, 1.54) is 0 Å². The molecule has 1 fully saturated rings. The van der Waals surface area contributed by atoms with Crippen molar-refractivity contribution < 1.29 is 14.7 Å². The molecule has 5 N–H and O–H groups in total. The number of carboxylic acid groups (broad SMARTS) is 1. The Bertz CT molecular complexity index is 1110. The Kier molecular flexibility index (Phi) is 8.25. The maximum atomic E-state index is 12.2. The van der Waals surface area contributed by atoms with Crippen LogP contribution in [0.25, 0.3) is 0 Å². The first kappa shape index (κ1) is 24.1. The highest BCUT2D eigenvalue weighted by Crippen LogP contribution is 2.47. The number of amides is 2. The fourth-order valence-corrected chi connectivity index (χ4v) is 4.57. The molecule has 10 heteroatoms. The van der Waals surface area contributed by atoms with Crippen molar-refractivity contribution in [2.45, 2.75) is 42.0 Å². The van der Waals surface area contributed by atoms with Gasteiger partial charge in [-0.3, -0.25) is 4.79 Å². The summed E-state index contributed by atoms with van der Waals surface area (Å²) < 4.78 is 0. The number of hydrogen-bond acceptors (Lipinski definition) is 7. The molecule has 0 spiro atoms. The van der Waals surface area contributed by atoms with Gasteiger partial charge >= 0.3 is 6.09 Å². The average molecular weight is 465 g/mol. The van der Waals surface area contributed by atoms with Gasteiger partial charge in [-0.25, -0.2) is 9.78 Å². The number of aromatic nitrogens is 1. The summed E-state index contributed by atoms with van der Waals surface area (Å²) in [5.74, 6) is -0.418. The van der Waals surface area contributed by atoms with E-state index in [1.54, 1.807) is 12.1 Å². The molecule has 33 heavy (non-hydrogen) atoms. The molecule has 1 aliphatic rings. The summed E-state index contributed by atoms with van der Waals surface area (Å²) in [5.41, 5.74) is 8.31. The lowest BCUT2D eigenvalue weighted by Gasteiger charge is -2.18. The van der Waals surface area contributed by atoms with E-state index >= 15 is 0 Å². The molecule has 1 aromatic heterocycles. The fraction of sp³-hybridized carbons (Fsp3) is 0.348. The minimum Gasteiger partial charge on any atom is -0.465 e. The molecule has 9 nitrogen and oxygen atoms in total. The third-order valence-electron chi connectivity index (χ3n) is 5.18. The van der Waals surface area contributed by atoms with Gasteiger partial charge in [-0.15, -0.1) is 0 Å². The van der Waals surface area contributed by atoms with Crippen molar-refractivity contribution in [1.82, 2.24) is 15.6 Å². The number of primary amides is 1. The summed E-state index contributed by atoms with van der Waals surface area (Å²) in [6.45, 7) is 1.10. The van der Waals surface area contributed by atoms with E-state index in [4.69, 9.17) is 10.8 Å². The van der Waals surface area contributed by atoms with E-state index in [0.29, 0.717) is 52.5 Å². The molecule has 1 heterocycles. The number of nitrogens with zero attached hydrogens (tertiary/aromatic N) is 3. The highest BCUT2D eigenvalue weighted by molar-refractivity contribution is 8.00. The van der Waals surface area contributed by atoms with E-state index in [-0.39, 0.29) is 12.5 Å². The zero-order chi connectivity index (χ0) is 23.8. The molecule has 1 atom stereocenters. The van der Waals surface area contributed by atoms with Crippen molar-refractivity contribution in [2.24, 2.45) is 5.73 Å². The topological polar surface area (TPSA) is 165 Å². The van der Waals surface area contributed by atoms with E-state index in [9.17, 15) is 20.1 Å². The van der Waals surface area contributed by atoms with E-state index < -0.39 is 17.3 Å². The van der Waals surface area contributed by atoms with Gasteiger partial charge in [-0.1, -0.05) is 42.1 Å². The Morgan fingerprint density at radius 2 is 1.88 bits per heavy atom. The fourth-order valence-electron chi connectivity index (χ4n) is 3.50. The lowest BCUT2D eigenvalue weighted by Crippen LogP contribution is -2.26. The van der Waals surface area contributed by atoms with Crippen molar-refractivity contribution in [1.29, 1.82) is 10.5 Å². The van der Waals surface area contributed by atoms with Gasteiger partial charge in [-0.2, -0.15) is 10.5 Å². The number of benzene rings is 1. The predicted molar refractivity (Wildman–Crippen MR) is 122 cm³/mol. The summed E-state index contributed by atoms with van der Waals surface area (Å²) in [6, 6.07) is 13.5. The van der Waals surface area contributed by atoms with Crippen LogP contribution in [0.1, 0.15) is 58.4 Å². The predicted octanol–water partition coefficient (Wildman–Crippen LogP) is 2.77. The monoisotopic (exact) mass is 464 g/mol. The van der Waals surface area contributed by atoms with Crippen LogP contribution in [0.15, 0.2) is 35.4 Å². The second-order valence-corrected chi connectivity index (χ2v) is 8.69. The van der Waals surface area contributed by atoms with Crippen LogP contribution in [-0.4, -0.2) is 35.2 Å². The van der Waals surface area contributed by atoms with Gasteiger partial charge in [0, 0.05) is 13.1 Å². The molecule has 0 aliphatic heterocycles. The number of carbonyl (C=O) groups is 2. The first-order valence-electron chi connectivity index (χ1n) is 10.5. The molecular weight excluding hydrogens is 440 g/mol. The van der Waals surface area contributed by atoms with Crippen molar-refractivity contribution in [3.63, 3.8) is 0 Å². The highest BCUT2D eigenvalue weighted by atomic mass is 32.2. The van der Waals surface area contributed by atoms with Crippen molar-refractivity contribution in [2.75, 3.05) is 13.1 Å². The van der Waals surface area contributed by atoms with E-state index in [1.807, 2.05) is 18.2 Å². The molecule has 170 valence electrons. The summed E-state index contributed by atoms with van der Waals surface area (Å²) in [4.78, 5) is 27.4. The van der Waals surface area contributed by atoms with Gasteiger partial charge in [-0.05, 0) is 42.9 Å². The summed E-state index contributed by atoms with van der Waals surface area (Å²) >= 11 is 1.12. The molecule has 3 rings (SSSR count). The number of thioether (sulfide) groups is 1. The third-order valence-corrected chi connectivity index (χ3v) is 6.43. The van der Waals surface area contributed by atoms with Gasteiger partial charge in [0.25, 0.3) is 0 Å². The molecule has 2 amide bonds. The number of rotatable bonds is 11. The van der Waals surface area contributed by atoms with Crippen LogP contribution in [0, 0.1) is 22.7 Å². The molecule has 2 aromatic rings. The van der Waals surface area contributed by atoms with Gasteiger partial charge < -0.3 is 21.5 Å². The molecule has 1 saturated carbocycles. The number of pyridine rings is 1. The summed E-state index contributed by atoms with van der Waals surface area (Å²) in [5, 5.41) is 33.6. The van der Waals surface area contributed by atoms with Crippen LogP contribution < -0.4 is 16.4 Å². The quantitative estimate of drug-likeness (QED) is 0.291. The maximum Gasteiger partial charge on any atom is 0.404 e. The smallest absolute Gasteiger partial charge is 0.404 e. The zero-order valence-corrected chi connectivity index (χ0v) is 18.7. The molecule has 1 aliphatic carbocycles. The SMILES string of the molecule is N#Cc1c(CNCCCNC(=O)O)nc(SC(C(N)=O)c2ccccc2)c(C#N)c1C1CC1. The minimum atomic E-state index is -1.08. The molecule has 0 radical (unpaired) electrons. The second kappa shape index (κ2) is 11.3. The van der Waals surface area contributed by atoms with Gasteiger partial charge in [0.1, 0.15) is 22.4 Å². The standard InChI is InChI=1S/C23H24N6O3S/c24-11-16-18(13-27-9-4-10-28-23(31)32)29-22(17(12-25)19(16)14-7-8-14)33-20(21(26)30)15-5-2-1-3-6-15/h1-3,5-6,14,20,27-28H,4,7-10,13H2,(H2,26,30)(H,31,32). The third kappa shape index (κ3) is 6.22. The average Bonchev–Trinajstić information content (AvgIpc) is 3.64. The molecule has 1 unspecified atom stereocenters. The van der Waals surface area contributed by atoms with Crippen molar-refractivity contribution in [3.8, 4) is 12.1 Å². The second-order valence-electron chi connectivity index (χ2n) is 7.60. The van der Waals surface area contributed by atoms with Crippen LogP contribution in [0.2, 0.25) is 0 Å². The summed E-state index contributed by atoms with van der Waals surface area (Å²) in [6.07, 6.45) is 1.28. The number of nitrogens with two attached hydrogens (primary N) is 1. The van der Waals surface area contributed by atoms with Crippen molar-refractivity contribution >= 4 is 23.8 Å². The first-order chi connectivity index (χ1) is 16.0. The Morgan fingerprint density at radius 1 is 1.18 bits per heavy atom. The van der Waals surface area contributed by atoms with Crippen molar-refractivity contribution in [3.05, 3.63) is 58.3 Å². The molecule has 0 saturated heterocycles. The van der Waals surface area contributed by atoms with E-state index in [0.717, 1.165) is 24.6 Å². The molecule has 1 aromatic carbocycles. The maximum absolute atomic E-state index is 12.2. The summed E-state index contributed by atoms with van der Waals surface area (Å²) in [7, 11) is 0. The molecular formula is C23H24N6O3S. The zero-order valence-electron chi connectivity index (χ0n) is 17.9. The highest BCUT2D eigenvalue weighted by Gasteiger charge is 2.34. The van der Waals surface area contributed by atoms with Gasteiger partial charge in [0.15, 0.2) is 0 Å². The van der Waals surface area contributed by atoms with Crippen LogP contribution in [0.4, 0.5) is 4.79 Å². The van der Waals surface area contributed by atoms with Crippen LogP contribution >= 0.6 is 11.8 Å². The number of hydrogen-bond donors (Lipinski definition) is 4. The first-order valence-corrected chi connectivity index (χ1v) is 11.4. The van der Waals surface area contributed by atoms with Crippen LogP contribution in [-0.2, 0) is 11.3 Å². The van der Waals surface area contributed by atoms with E-state index in [2.05, 4.69) is 27.8 Å². The Morgan fingerprint density at radius 3 is 2.45 bits per heavy atom. The lowest BCUT2D eigenvalue weighted by molar-refractivity contribution is -0.117. The molecule has 0 bridgehead atoms. The lowest BCUT2D eigenvalue weighted by atomic mass is 9.98. The van der Waals surface area contributed by atoms with Gasteiger partial charge in [0.05, 0.1) is 16.8 Å². The van der Waals surface area contributed by atoms with Crippen LogP contribution in [0.3, 0.4) is 0 Å². The van der Waals surface area contributed by atoms with Crippen LogP contribution in [0.5, 0.6) is 0 Å². The van der Waals surface area contributed by atoms with Gasteiger partial charge in [0.2, 0.25) is 5.91 Å². The number of carbonyl (C=O) groups excluding carboxylic acids is 1. The largest absolute Gasteiger partial charge is 0.465 e. The minimum absolute atomic E-state index is 0.124. The number of nitrogens with one attached hydrogen (secondary N) is 2. The number of nitriles is 2. The Balaban J connectivity index is 1.91. The Labute approximate surface area is 196 Å².